The van der Waals surface area contributed by atoms with Gasteiger partial charge in [0.15, 0.2) is 0 Å². The topological polar surface area (TPSA) is 56.1 Å². The van der Waals surface area contributed by atoms with Gasteiger partial charge in [0.1, 0.15) is 0 Å². The third-order valence-corrected chi connectivity index (χ3v) is 5.45. The molecule has 0 unspecified atom stereocenters. The van der Waals surface area contributed by atoms with E-state index in [0.29, 0.717) is 24.9 Å². The molecule has 0 radical (unpaired) electrons. The molecule has 0 saturated carbocycles. The predicted octanol–water partition coefficient (Wildman–Crippen LogP) is 4.04. The molecule has 1 aliphatic heterocycles. The fourth-order valence-electron chi connectivity index (χ4n) is 3.84. The molecular weight excluding hydrogens is 346 g/mol. The van der Waals surface area contributed by atoms with Crippen molar-refractivity contribution >= 4 is 5.91 Å². The highest BCUT2D eigenvalue weighted by atomic mass is 16.1. The second-order valence-corrected chi connectivity index (χ2v) is 7.84. The van der Waals surface area contributed by atoms with E-state index in [1.165, 1.54) is 24.0 Å². The Balaban J connectivity index is 1.49. The summed E-state index contributed by atoms with van der Waals surface area (Å²) in [5, 5.41) is 11.9. The van der Waals surface area contributed by atoms with E-state index in [1.807, 2.05) is 18.2 Å². The normalized spacial score (nSPS) is 17.1. The van der Waals surface area contributed by atoms with Crippen LogP contribution < -0.4 is 5.32 Å². The van der Waals surface area contributed by atoms with Gasteiger partial charge in [0.2, 0.25) is 5.91 Å². The zero-order chi connectivity index (χ0) is 19.8. The minimum absolute atomic E-state index is 0.0609. The van der Waals surface area contributed by atoms with E-state index in [9.17, 15) is 4.79 Å². The molecule has 1 aliphatic rings. The molecule has 3 rings (SSSR count). The van der Waals surface area contributed by atoms with Crippen LogP contribution in [-0.4, -0.2) is 23.9 Å². The Morgan fingerprint density at radius 3 is 2.64 bits per heavy atom. The van der Waals surface area contributed by atoms with E-state index in [0.717, 1.165) is 31.1 Å². The van der Waals surface area contributed by atoms with Gasteiger partial charge in [-0.3, -0.25) is 9.69 Å². The van der Waals surface area contributed by atoms with E-state index >= 15 is 0 Å². The number of hydrogen-bond donors (Lipinski definition) is 1. The predicted molar refractivity (Wildman–Crippen MR) is 111 cm³/mol. The van der Waals surface area contributed by atoms with Gasteiger partial charge in [-0.25, -0.2) is 0 Å². The first-order chi connectivity index (χ1) is 13.6. The van der Waals surface area contributed by atoms with Crippen molar-refractivity contribution in [1.82, 2.24) is 10.2 Å². The maximum absolute atomic E-state index is 12.3. The molecule has 0 aromatic heterocycles. The maximum Gasteiger partial charge on any atom is 0.220 e. The summed E-state index contributed by atoms with van der Waals surface area (Å²) in [5.74, 6) is 0.827. The number of nitriles is 1. The number of likely N-dealkylation sites (tertiary alicyclic amines) is 1. The molecule has 4 heteroatoms. The number of aryl methyl sites for hydroxylation is 1. The molecule has 1 atom stereocenters. The lowest BCUT2D eigenvalue weighted by Gasteiger charge is -2.31. The van der Waals surface area contributed by atoms with Crippen LogP contribution in [0.4, 0.5) is 0 Å². The lowest BCUT2D eigenvalue weighted by Crippen LogP contribution is -2.34. The molecule has 4 nitrogen and oxygen atoms in total. The SMILES string of the molecule is C[C@@H]1CCCN(Cc2ccccc2CNC(=O)CCc2ccc(C#N)cc2)C1. The van der Waals surface area contributed by atoms with E-state index in [2.05, 4.69) is 41.4 Å². The summed E-state index contributed by atoms with van der Waals surface area (Å²) in [6.45, 7) is 6.18. The van der Waals surface area contributed by atoms with Gasteiger partial charge in [-0.15, -0.1) is 0 Å². The quantitative estimate of drug-likeness (QED) is 0.795. The van der Waals surface area contributed by atoms with Crippen LogP contribution in [0, 0.1) is 17.2 Å². The van der Waals surface area contributed by atoms with E-state index < -0.39 is 0 Å². The van der Waals surface area contributed by atoms with Crippen LogP contribution >= 0.6 is 0 Å². The van der Waals surface area contributed by atoms with Gasteiger partial charge in [-0.1, -0.05) is 43.3 Å². The number of rotatable bonds is 7. The Morgan fingerprint density at radius 1 is 1.18 bits per heavy atom. The second kappa shape index (κ2) is 10.1. The van der Waals surface area contributed by atoms with Crippen molar-refractivity contribution in [3.8, 4) is 6.07 Å². The van der Waals surface area contributed by atoms with Gasteiger partial charge in [0, 0.05) is 26.1 Å². The Hall–Kier alpha value is -2.64. The second-order valence-electron chi connectivity index (χ2n) is 7.84. The molecule has 0 spiro atoms. The molecule has 1 saturated heterocycles. The third-order valence-electron chi connectivity index (χ3n) is 5.45. The zero-order valence-corrected chi connectivity index (χ0v) is 16.7. The van der Waals surface area contributed by atoms with Gasteiger partial charge in [0.25, 0.3) is 0 Å². The fourth-order valence-corrected chi connectivity index (χ4v) is 3.84. The first-order valence-electron chi connectivity index (χ1n) is 10.2. The Kier molecular flexibility index (Phi) is 7.22. The van der Waals surface area contributed by atoms with Crippen LogP contribution in [0.2, 0.25) is 0 Å². The molecule has 146 valence electrons. The van der Waals surface area contributed by atoms with Gasteiger partial charge in [0.05, 0.1) is 11.6 Å². The van der Waals surface area contributed by atoms with E-state index in [-0.39, 0.29) is 5.91 Å². The molecule has 2 aromatic carbocycles. The van der Waals surface area contributed by atoms with Crippen LogP contribution in [0.3, 0.4) is 0 Å². The van der Waals surface area contributed by atoms with Crippen molar-refractivity contribution < 1.29 is 4.79 Å². The molecule has 0 bridgehead atoms. The average Bonchev–Trinajstić information content (AvgIpc) is 2.72. The van der Waals surface area contributed by atoms with Gasteiger partial charge >= 0.3 is 0 Å². The summed E-state index contributed by atoms with van der Waals surface area (Å²) in [5.41, 5.74) is 4.23. The van der Waals surface area contributed by atoms with Crippen molar-refractivity contribution in [2.45, 2.75) is 45.7 Å². The molecule has 28 heavy (non-hydrogen) atoms. The van der Waals surface area contributed by atoms with Crippen LogP contribution in [0.1, 0.15) is 48.4 Å². The molecule has 1 N–H and O–H groups in total. The summed E-state index contributed by atoms with van der Waals surface area (Å²) in [7, 11) is 0. The summed E-state index contributed by atoms with van der Waals surface area (Å²) >= 11 is 0. The monoisotopic (exact) mass is 375 g/mol. The van der Waals surface area contributed by atoms with Crippen molar-refractivity contribution in [3.63, 3.8) is 0 Å². The van der Waals surface area contributed by atoms with Crippen molar-refractivity contribution in [2.75, 3.05) is 13.1 Å². The minimum Gasteiger partial charge on any atom is -0.352 e. The lowest BCUT2D eigenvalue weighted by molar-refractivity contribution is -0.121. The third kappa shape index (κ3) is 5.94. The van der Waals surface area contributed by atoms with Gasteiger partial charge in [-0.2, -0.15) is 5.26 Å². The largest absolute Gasteiger partial charge is 0.352 e. The first kappa shape index (κ1) is 20.1. The van der Waals surface area contributed by atoms with E-state index in [4.69, 9.17) is 5.26 Å². The minimum atomic E-state index is 0.0609. The number of amides is 1. The number of carbonyl (C=O) groups is 1. The Labute approximate surface area is 168 Å². The van der Waals surface area contributed by atoms with Crippen molar-refractivity contribution in [2.24, 2.45) is 5.92 Å². The number of hydrogen-bond acceptors (Lipinski definition) is 3. The molecule has 1 amide bonds. The van der Waals surface area contributed by atoms with Crippen molar-refractivity contribution in [3.05, 3.63) is 70.8 Å². The Bertz CT molecular complexity index is 822. The highest BCUT2D eigenvalue weighted by Gasteiger charge is 2.17. The van der Waals surface area contributed by atoms with Crippen LogP contribution in [0.25, 0.3) is 0 Å². The molecule has 2 aromatic rings. The summed E-state index contributed by atoms with van der Waals surface area (Å²) in [4.78, 5) is 14.8. The summed E-state index contributed by atoms with van der Waals surface area (Å²) < 4.78 is 0. The average molecular weight is 376 g/mol. The van der Waals surface area contributed by atoms with Gasteiger partial charge < -0.3 is 5.32 Å². The highest BCUT2D eigenvalue weighted by molar-refractivity contribution is 5.76. The fraction of sp³-hybridized carbons (Fsp3) is 0.417. The molecular formula is C24H29N3O. The van der Waals surface area contributed by atoms with Crippen LogP contribution in [0.15, 0.2) is 48.5 Å². The van der Waals surface area contributed by atoms with Crippen LogP contribution in [-0.2, 0) is 24.3 Å². The lowest BCUT2D eigenvalue weighted by atomic mass is 9.99. The number of carbonyl (C=O) groups excluding carboxylic acids is 1. The number of benzene rings is 2. The van der Waals surface area contributed by atoms with Gasteiger partial charge in [-0.05, 0) is 60.5 Å². The van der Waals surface area contributed by atoms with E-state index in [1.54, 1.807) is 12.1 Å². The first-order valence-corrected chi connectivity index (χ1v) is 10.2. The molecule has 0 aliphatic carbocycles. The van der Waals surface area contributed by atoms with Crippen LogP contribution in [0.5, 0.6) is 0 Å². The smallest absolute Gasteiger partial charge is 0.220 e. The number of nitrogens with zero attached hydrogens (tertiary/aromatic N) is 2. The standard InChI is InChI=1S/C24H29N3O/c1-19-5-4-14-27(17-19)18-23-7-3-2-6-22(23)16-26-24(28)13-12-20-8-10-21(15-25)11-9-20/h2-3,6-11,19H,4-5,12-14,16-18H2,1H3,(H,26,28)/t19-/m1/s1. The number of nitrogens with one attached hydrogen (secondary N) is 1. The Morgan fingerprint density at radius 2 is 1.93 bits per heavy atom. The summed E-state index contributed by atoms with van der Waals surface area (Å²) in [6.07, 6.45) is 3.74. The highest BCUT2D eigenvalue weighted by Crippen LogP contribution is 2.19. The maximum atomic E-state index is 12.3. The van der Waals surface area contributed by atoms with Crippen molar-refractivity contribution in [1.29, 1.82) is 5.26 Å². The zero-order valence-electron chi connectivity index (χ0n) is 16.7. The molecule has 1 fully saturated rings. The summed E-state index contributed by atoms with van der Waals surface area (Å²) in [6, 6.07) is 18.0. The molecule has 1 heterocycles. The number of piperidine rings is 1.